The molecule has 0 aromatic heterocycles. The highest BCUT2D eigenvalue weighted by Crippen LogP contribution is 2.18. The lowest BCUT2D eigenvalue weighted by Crippen LogP contribution is -2.24. The third kappa shape index (κ3) is 4.67. The number of ether oxygens (including phenoxy) is 2. The van der Waals surface area contributed by atoms with Crippen LogP contribution in [0.5, 0.6) is 5.75 Å². The Morgan fingerprint density at radius 1 is 1.17 bits per heavy atom. The molecule has 2 atom stereocenters. The zero-order valence-corrected chi connectivity index (χ0v) is 11.9. The van der Waals surface area contributed by atoms with Gasteiger partial charge in [0.2, 0.25) is 0 Å². The Morgan fingerprint density at radius 3 is 2.33 bits per heavy atom. The molecule has 18 heavy (non-hydrogen) atoms. The second-order valence-corrected chi connectivity index (χ2v) is 4.40. The minimum absolute atomic E-state index is 0.231. The highest BCUT2D eigenvalue weighted by molar-refractivity contribution is 5.29. The van der Waals surface area contributed by atoms with Crippen LogP contribution < -0.4 is 10.1 Å². The lowest BCUT2D eigenvalue weighted by molar-refractivity contribution is 0.0487. The summed E-state index contributed by atoms with van der Waals surface area (Å²) >= 11 is 0. The molecule has 0 heterocycles. The molecule has 0 aliphatic heterocycles. The van der Waals surface area contributed by atoms with Crippen molar-refractivity contribution in [2.24, 2.45) is 0 Å². The average molecular weight is 251 g/mol. The van der Waals surface area contributed by atoms with Crippen molar-refractivity contribution in [3.8, 4) is 5.75 Å². The van der Waals surface area contributed by atoms with Crippen molar-refractivity contribution in [3.05, 3.63) is 29.8 Å². The van der Waals surface area contributed by atoms with Crippen molar-refractivity contribution in [2.75, 3.05) is 20.3 Å². The predicted octanol–water partition coefficient (Wildman–Crippen LogP) is 3.16. The molecule has 0 radical (unpaired) electrons. The monoisotopic (exact) mass is 251 g/mol. The van der Waals surface area contributed by atoms with Gasteiger partial charge in [-0.3, -0.25) is 0 Å². The Balaban J connectivity index is 2.58. The lowest BCUT2D eigenvalue weighted by Gasteiger charge is -2.19. The van der Waals surface area contributed by atoms with Gasteiger partial charge in [-0.1, -0.05) is 19.1 Å². The van der Waals surface area contributed by atoms with Gasteiger partial charge in [-0.05, 0) is 45.0 Å². The van der Waals surface area contributed by atoms with Crippen LogP contribution >= 0.6 is 0 Å². The molecule has 1 aromatic rings. The second kappa shape index (κ2) is 8.11. The molecule has 3 nitrogen and oxygen atoms in total. The highest BCUT2D eigenvalue weighted by Gasteiger charge is 2.11. The molecule has 102 valence electrons. The lowest BCUT2D eigenvalue weighted by atomic mass is 10.1. The van der Waals surface area contributed by atoms with Gasteiger partial charge in [-0.25, -0.2) is 0 Å². The van der Waals surface area contributed by atoms with Crippen LogP contribution in [0, 0.1) is 0 Å². The smallest absolute Gasteiger partial charge is 0.119 e. The van der Waals surface area contributed by atoms with E-state index in [4.69, 9.17) is 9.47 Å². The molecule has 0 saturated heterocycles. The van der Waals surface area contributed by atoms with E-state index in [0.717, 1.165) is 12.2 Å². The van der Waals surface area contributed by atoms with Crippen LogP contribution in [0.2, 0.25) is 0 Å². The molecule has 0 amide bonds. The average Bonchev–Trinajstić information content (AvgIpc) is 2.41. The molecular weight excluding hydrogens is 226 g/mol. The van der Waals surface area contributed by atoms with E-state index in [2.05, 4.69) is 31.3 Å². The van der Waals surface area contributed by atoms with Gasteiger partial charge in [0.25, 0.3) is 0 Å². The van der Waals surface area contributed by atoms with Crippen molar-refractivity contribution >= 4 is 0 Å². The Labute approximate surface area is 110 Å². The third-order valence-electron chi connectivity index (χ3n) is 3.06. The van der Waals surface area contributed by atoms with E-state index in [1.165, 1.54) is 5.56 Å². The quantitative estimate of drug-likeness (QED) is 0.770. The van der Waals surface area contributed by atoms with E-state index in [0.29, 0.717) is 19.3 Å². The molecule has 0 fully saturated rings. The van der Waals surface area contributed by atoms with Crippen LogP contribution in [0.4, 0.5) is 0 Å². The first-order valence-corrected chi connectivity index (χ1v) is 6.72. The van der Waals surface area contributed by atoms with Gasteiger partial charge in [0.1, 0.15) is 5.75 Å². The zero-order valence-electron chi connectivity index (χ0n) is 11.9. The maximum absolute atomic E-state index is 5.78. The van der Waals surface area contributed by atoms with Crippen molar-refractivity contribution in [1.82, 2.24) is 5.32 Å². The molecule has 2 unspecified atom stereocenters. The Bertz CT molecular complexity index is 324. The molecule has 0 aliphatic carbocycles. The molecule has 1 rings (SSSR count). The summed E-state index contributed by atoms with van der Waals surface area (Å²) in [6, 6.07) is 8.42. The highest BCUT2D eigenvalue weighted by atomic mass is 16.5. The van der Waals surface area contributed by atoms with E-state index >= 15 is 0 Å². The first-order valence-electron chi connectivity index (χ1n) is 6.72. The number of hydrogen-bond donors (Lipinski definition) is 1. The first-order chi connectivity index (χ1) is 8.71. The standard InChI is InChI=1S/C15H25NO2/c1-5-12(3)18-11-15(16-4)13-7-9-14(10-8-13)17-6-2/h7-10,12,15-16H,5-6,11H2,1-4H3. The molecule has 1 N–H and O–H groups in total. The van der Waals surface area contributed by atoms with E-state index in [-0.39, 0.29) is 6.04 Å². The van der Waals surface area contributed by atoms with Gasteiger partial charge < -0.3 is 14.8 Å². The Morgan fingerprint density at radius 2 is 1.83 bits per heavy atom. The van der Waals surface area contributed by atoms with Crippen LogP contribution in [0.25, 0.3) is 0 Å². The van der Waals surface area contributed by atoms with Gasteiger partial charge in [-0.15, -0.1) is 0 Å². The number of hydrogen-bond acceptors (Lipinski definition) is 3. The van der Waals surface area contributed by atoms with Crippen molar-refractivity contribution in [1.29, 1.82) is 0 Å². The minimum atomic E-state index is 0.231. The van der Waals surface area contributed by atoms with Crippen LogP contribution in [0.3, 0.4) is 0 Å². The van der Waals surface area contributed by atoms with Crippen LogP contribution in [-0.4, -0.2) is 26.4 Å². The predicted molar refractivity (Wildman–Crippen MR) is 75.1 cm³/mol. The summed E-state index contributed by atoms with van der Waals surface area (Å²) in [7, 11) is 1.96. The maximum Gasteiger partial charge on any atom is 0.119 e. The number of rotatable bonds is 8. The summed E-state index contributed by atoms with van der Waals surface area (Å²) in [4.78, 5) is 0. The molecule has 0 saturated carbocycles. The van der Waals surface area contributed by atoms with E-state index in [1.54, 1.807) is 0 Å². The molecule has 0 spiro atoms. The van der Waals surface area contributed by atoms with Crippen LogP contribution in [-0.2, 0) is 4.74 Å². The van der Waals surface area contributed by atoms with Gasteiger partial charge in [0.05, 0.1) is 25.4 Å². The molecule has 0 aliphatic rings. The van der Waals surface area contributed by atoms with Gasteiger partial charge in [-0.2, -0.15) is 0 Å². The third-order valence-corrected chi connectivity index (χ3v) is 3.06. The summed E-state index contributed by atoms with van der Waals surface area (Å²) in [5.41, 5.74) is 1.23. The fourth-order valence-electron chi connectivity index (χ4n) is 1.69. The van der Waals surface area contributed by atoms with Crippen LogP contribution in [0.1, 0.15) is 38.8 Å². The van der Waals surface area contributed by atoms with Crippen LogP contribution in [0.15, 0.2) is 24.3 Å². The van der Waals surface area contributed by atoms with Crippen molar-refractivity contribution in [3.63, 3.8) is 0 Å². The second-order valence-electron chi connectivity index (χ2n) is 4.40. The molecule has 3 heteroatoms. The summed E-state index contributed by atoms with van der Waals surface area (Å²) < 4.78 is 11.2. The summed E-state index contributed by atoms with van der Waals surface area (Å²) in [6.45, 7) is 7.62. The van der Waals surface area contributed by atoms with Gasteiger partial charge >= 0.3 is 0 Å². The van der Waals surface area contributed by atoms with Gasteiger partial charge in [0, 0.05) is 0 Å². The Kier molecular flexibility index (Phi) is 6.76. The zero-order chi connectivity index (χ0) is 13.4. The number of likely N-dealkylation sites (N-methyl/N-ethyl adjacent to an activating group) is 1. The minimum Gasteiger partial charge on any atom is -0.494 e. The molecule has 1 aromatic carbocycles. The number of benzene rings is 1. The van der Waals surface area contributed by atoms with Crippen molar-refractivity contribution < 1.29 is 9.47 Å². The topological polar surface area (TPSA) is 30.5 Å². The molecular formula is C15H25NO2. The fourth-order valence-corrected chi connectivity index (χ4v) is 1.69. The number of nitrogens with one attached hydrogen (secondary N) is 1. The summed E-state index contributed by atoms with van der Waals surface area (Å²) in [5, 5.41) is 3.28. The Hall–Kier alpha value is -1.06. The SMILES string of the molecule is CCOc1ccc(C(COC(C)CC)NC)cc1. The van der Waals surface area contributed by atoms with E-state index in [9.17, 15) is 0 Å². The van der Waals surface area contributed by atoms with E-state index in [1.807, 2.05) is 26.1 Å². The fraction of sp³-hybridized carbons (Fsp3) is 0.600. The first kappa shape index (κ1) is 15.0. The molecule has 0 bridgehead atoms. The van der Waals surface area contributed by atoms with E-state index < -0.39 is 0 Å². The normalized spacial score (nSPS) is 14.2. The largest absolute Gasteiger partial charge is 0.494 e. The summed E-state index contributed by atoms with van der Waals surface area (Å²) in [6.07, 6.45) is 1.35. The maximum atomic E-state index is 5.78. The summed E-state index contributed by atoms with van der Waals surface area (Å²) in [5.74, 6) is 0.916. The van der Waals surface area contributed by atoms with Gasteiger partial charge in [0.15, 0.2) is 0 Å². The van der Waals surface area contributed by atoms with Crippen molar-refractivity contribution in [2.45, 2.75) is 39.3 Å².